The first kappa shape index (κ1) is 31.2. The number of carbonyl (C=O) groups excluding carboxylic acids is 2. The minimum absolute atomic E-state index is 0.0507. The highest BCUT2D eigenvalue weighted by atomic mass is 16.6. The second-order valence-corrected chi connectivity index (χ2v) is 10.7. The van der Waals surface area contributed by atoms with Gasteiger partial charge in [-0.25, -0.2) is 9.59 Å². The van der Waals surface area contributed by atoms with Crippen LogP contribution in [0.15, 0.2) is 97.6 Å². The SMILES string of the molecule is Cc1cncc(COC(=O)NC(Cc2ccccc2)CC(O)C(Cc2ccccc2)NC(=O)OCc2cncc(C)c2)c1. The second-order valence-electron chi connectivity index (χ2n) is 10.7. The van der Waals surface area contributed by atoms with E-state index in [1.54, 1.807) is 24.8 Å². The van der Waals surface area contributed by atoms with Crippen LogP contribution in [0.5, 0.6) is 0 Å². The molecule has 0 saturated heterocycles. The number of ether oxygens (including phenoxy) is 2. The normalized spacial score (nSPS) is 12.9. The van der Waals surface area contributed by atoms with Crippen molar-refractivity contribution in [3.05, 3.63) is 131 Å². The first-order chi connectivity index (χ1) is 20.8. The maximum absolute atomic E-state index is 12.8. The average Bonchev–Trinajstić information content (AvgIpc) is 3.00. The van der Waals surface area contributed by atoms with Crippen LogP contribution in [0.2, 0.25) is 0 Å². The van der Waals surface area contributed by atoms with E-state index in [1.165, 1.54) is 0 Å². The van der Waals surface area contributed by atoms with Crippen molar-refractivity contribution in [1.82, 2.24) is 20.6 Å². The number of nitrogens with zero attached hydrogens (tertiary/aromatic N) is 2. The number of alkyl carbamates (subject to hydrolysis) is 2. The molecule has 0 radical (unpaired) electrons. The Balaban J connectivity index is 1.43. The molecular formula is C34H38N4O5. The Labute approximate surface area is 252 Å². The third-order valence-corrected chi connectivity index (χ3v) is 6.84. The molecule has 0 aliphatic carbocycles. The van der Waals surface area contributed by atoms with Crippen LogP contribution in [0, 0.1) is 13.8 Å². The highest BCUT2D eigenvalue weighted by Crippen LogP contribution is 2.15. The number of benzene rings is 2. The molecule has 0 fully saturated rings. The van der Waals surface area contributed by atoms with Crippen LogP contribution in [0.1, 0.15) is 39.8 Å². The van der Waals surface area contributed by atoms with Crippen molar-refractivity contribution in [2.45, 2.75) is 64.5 Å². The largest absolute Gasteiger partial charge is 0.445 e. The molecule has 9 heteroatoms. The van der Waals surface area contributed by atoms with Gasteiger partial charge in [0, 0.05) is 42.0 Å². The van der Waals surface area contributed by atoms with Gasteiger partial charge in [0.15, 0.2) is 0 Å². The van der Waals surface area contributed by atoms with Crippen LogP contribution >= 0.6 is 0 Å². The summed E-state index contributed by atoms with van der Waals surface area (Å²) >= 11 is 0. The van der Waals surface area contributed by atoms with Crippen molar-refractivity contribution in [3.8, 4) is 0 Å². The van der Waals surface area contributed by atoms with Crippen LogP contribution in [-0.2, 0) is 35.5 Å². The minimum atomic E-state index is -1.01. The maximum Gasteiger partial charge on any atom is 0.407 e. The lowest BCUT2D eigenvalue weighted by Crippen LogP contribution is -2.48. The Hall–Kier alpha value is -4.76. The quantitative estimate of drug-likeness (QED) is 0.198. The Morgan fingerprint density at radius 3 is 1.70 bits per heavy atom. The molecule has 3 unspecified atom stereocenters. The lowest BCUT2D eigenvalue weighted by molar-refractivity contribution is 0.0860. The van der Waals surface area contributed by atoms with Crippen LogP contribution in [-0.4, -0.2) is 45.4 Å². The van der Waals surface area contributed by atoms with Gasteiger partial charge < -0.3 is 25.2 Å². The number of carbonyl (C=O) groups is 2. The molecule has 2 aromatic heterocycles. The third-order valence-electron chi connectivity index (χ3n) is 6.84. The van der Waals surface area contributed by atoms with Crippen molar-refractivity contribution < 1.29 is 24.2 Å². The number of rotatable bonds is 13. The van der Waals surface area contributed by atoms with Crippen molar-refractivity contribution in [2.75, 3.05) is 0 Å². The Bertz CT molecular complexity index is 1450. The Morgan fingerprint density at radius 1 is 0.698 bits per heavy atom. The van der Waals surface area contributed by atoms with E-state index in [9.17, 15) is 14.7 Å². The zero-order chi connectivity index (χ0) is 30.4. The molecule has 0 saturated carbocycles. The monoisotopic (exact) mass is 582 g/mol. The van der Waals surface area contributed by atoms with Gasteiger partial charge >= 0.3 is 12.2 Å². The van der Waals surface area contributed by atoms with Gasteiger partial charge in [-0.1, -0.05) is 60.7 Å². The fourth-order valence-electron chi connectivity index (χ4n) is 4.79. The van der Waals surface area contributed by atoms with Gasteiger partial charge in [-0.3, -0.25) is 9.97 Å². The molecule has 2 aromatic carbocycles. The Kier molecular flexibility index (Phi) is 11.6. The third kappa shape index (κ3) is 10.9. The van der Waals surface area contributed by atoms with Gasteiger partial charge in [-0.05, 0) is 67.5 Å². The smallest absolute Gasteiger partial charge is 0.407 e. The number of aliphatic hydroxyl groups excluding tert-OH is 1. The number of hydrogen-bond donors (Lipinski definition) is 3. The van der Waals surface area contributed by atoms with Gasteiger partial charge in [0.25, 0.3) is 0 Å². The summed E-state index contributed by atoms with van der Waals surface area (Å²) in [7, 11) is 0. The molecule has 4 aromatic rings. The minimum Gasteiger partial charge on any atom is -0.445 e. The number of aromatic nitrogens is 2. The van der Waals surface area contributed by atoms with E-state index >= 15 is 0 Å². The first-order valence-corrected chi connectivity index (χ1v) is 14.3. The summed E-state index contributed by atoms with van der Waals surface area (Å²) in [4.78, 5) is 34.0. The van der Waals surface area contributed by atoms with Gasteiger partial charge in [-0.2, -0.15) is 0 Å². The number of nitrogens with one attached hydrogen (secondary N) is 2. The zero-order valence-corrected chi connectivity index (χ0v) is 24.5. The molecule has 0 aliphatic heterocycles. The summed E-state index contributed by atoms with van der Waals surface area (Å²) in [5, 5.41) is 17.2. The van der Waals surface area contributed by atoms with Crippen molar-refractivity contribution >= 4 is 12.2 Å². The van der Waals surface area contributed by atoms with E-state index in [0.29, 0.717) is 12.8 Å². The van der Waals surface area contributed by atoms with E-state index in [2.05, 4.69) is 20.6 Å². The second kappa shape index (κ2) is 16.0. The molecular weight excluding hydrogens is 544 g/mol. The summed E-state index contributed by atoms with van der Waals surface area (Å²) in [6.45, 7) is 3.96. The summed E-state index contributed by atoms with van der Waals surface area (Å²) in [6, 6.07) is 21.9. The molecule has 2 amide bonds. The molecule has 0 bridgehead atoms. The molecule has 3 N–H and O–H groups in total. The topological polar surface area (TPSA) is 123 Å². The molecule has 3 atom stereocenters. The highest BCUT2D eigenvalue weighted by molar-refractivity contribution is 5.68. The molecule has 0 aliphatic rings. The van der Waals surface area contributed by atoms with Crippen LogP contribution in [0.4, 0.5) is 9.59 Å². The number of pyridine rings is 2. The van der Waals surface area contributed by atoms with Crippen molar-refractivity contribution in [2.24, 2.45) is 0 Å². The van der Waals surface area contributed by atoms with Gasteiger partial charge in [0.1, 0.15) is 13.2 Å². The fraction of sp³-hybridized carbons (Fsp3) is 0.294. The predicted molar refractivity (Wildman–Crippen MR) is 163 cm³/mol. The van der Waals surface area contributed by atoms with E-state index in [0.717, 1.165) is 33.4 Å². The maximum atomic E-state index is 12.8. The molecule has 224 valence electrons. The molecule has 0 spiro atoms. The number of aliphatic hydroxyl groups is 1. The molecule has 2 heterocycles. The van der Waals surface area contributed by atoms with Gasteiger partial charge in [-0.15, -0.1) is 0 Å². The molecule has 4 rings (SSSR count). The standard InChI is InChI=1S/C34H38N4O5/c1-24-13-28(20-35-18-24)22-42-33(40)37-30(15-26-9-5-3-6-10-26)17-32(39)31(16-27-11-7-4-8-12-27)38-34(41)43-23-29-14-25(2)19-36-21-29/h3-14,18-21,30-32,39H,15-17,22-23H2,1-2H3,(H,37,40)(H,38,41). The Morgan fingerprint density at radius 2 is 1.19 bits per heavy atom. The lowest BCUT2D eigenvalue weighted by atomic mass is 9.94. The average molecular weight is 583 g/mol. The summed E-state index contributed by atoms with van der Waals surface area (Å²) in [5.41, 5.74) is 5.40. The van der Waals surface area contributed by atoms with E-state index in [4.69, 9.17) is 9.47 Å². The predicted octanol–water partition coefficient (Wildman–Crippen LogP) is 5.22. The van der Waals surface area contributed by atoms with E-state index < -0.39 is 30.4 Å². The molecule has 9 nitrogen and oxygen atoms in total. The number of aryl methyl sites for hydroxylation is 2. The van der Waals surface area contributed by atoms with Crippen LogP contribution < -0.4 is 10.6 Å². The fourth-order valence-corrected chi connectivity index (χ4v) is 4.79. The van der Waals surface area contributed by atoms with E-state index in [-0.39, 0.29) is 19.6 Å². The zero-order valence-electron chi connectivity index (χ0n) is 24.5. The number of hydrogen-bond acceptors (Lipinski definition) is 7. The first-order valence-electron chi connectivity index (χ1n) is 14.3. The lowest BCUT2D eigenvalue weighted by Gasteiger charge is -2.28. The van der Waals surface area contributed by atoms with Crippen LogP contribution in [0.3, 0.4) is 0 Å². The van der Waals surface area contributed by atoms with Crippen LogP contribution in [0.25, 0.3) is 0 Å². The van der Waals surface area contributed by atoms with Crippen molar-refractivity contribution in [3.63, 3.8) is 0 Å². The van der Waals surface area contributed by atoms with Gasteiger partial charge in [0.2, 0.25) is 0 Å². The highest BCUT2D eigenvalue weighted by Gasteiger charge is 2.27. The van der Waals surface area contributed by atoms with E-state index in [1.807, 2.05) is 86.6 Å². The number of amides is 2. The summed E-state index contributed by atoms with van der Waals surface area (Å²) in [5.74, 6) is 0. The van der Waals surface area contributed by atoms with Crippen molar-refractivity contribution in [1.29, 1.82) is 0 Å². The van der Waals surface area contributed by atoms with Gasteiger partial charge in [0.05, 0.1) is 12.1 Å². The summed E-state index contributed by atoms with van der Waals surface area (Å²) < 4.78 is 10.9. The summed E-state index contributed by atoms with van der Waals surface area (Å²) in [6.07, 6.45) is 5.48. The molecule has 43 heavy (non-hydrogen) atoms.